The van der Waals surface area contributed by atoms with E-state index in [4.69, 9.17) is 5.73 Å². The minimum atomic E-state index is -3.72. The molecule has 1 amide bonds. The highest BCUT2D eigenvalue weighted by atomic mass is 79.9. The second-order valence-corrected chi connectivity index (χ2v) is 6.97. The Labute approximate surface area is 120 Å². The van der Waals surface area contributed by atoms with Gasteiger partial charge in [0.25, 0.3) is 0 Å². The van der Waals surface area contributed by atoms with E-state index in [1.54, 1.807) is 7.05 Å². The molecule has 1 saturated heterocycles. The lowest BCUT2D eigenvalue weighted by Crippen LogP contribution is -2.40. The Kier molecular flexibility index (Phi) is 3.84. The number of amides is 1. The van der Waals surface area contributed by atoms with Gasteiger partial charge in [-0.25, -0.2) is 8.42 Å². The van der Waals surface area contributed by atoms with Gasteiger partial charge < -0.3 is 10.6 Å². The van der Waals surface area contributed by atoms with Gasteiger partial charge in [-0.1, -0.05) is 0 Å². The number of carbonyl (C=O) groups excluding carboxylic acids is 1. The SMILES string of the molecule is CN1CCC(NS(=O)(=O)c2ccc(N)c(Br)c2)C1=O. The average molecular weight is 348 g/mol. The van der Waals surface area contributed by atoms with E-state index in [1.165, 1.54) is 23.1 Å². The van der Waals surface area contributed by atoms with Crippen LogP contribution < -0.4 is 10.5 Å². The minimum absolute atomic E-state index is 0.0796. The summed E-state index contributed by atoms with van der Waals surface area (Å²) in [6.45, 7) is 0.553. The summed E-state index contributed by atoms with van der Waals surface area (Å²) in [5, 5.41) is 0. The number of benzene rings is 1. The fourth-order valence-electron chi connectivity index (χ4n) is 1.86. The Bertz CT molecular complexity index is 618. The summed E-state index contributed by atoms with van der Waals surface area (Å²) >= 11 is 3.18. The van der Waals surface area contributed by atoms with Crippen molar-refractivity contribution in [1.29, 1.82) is 0 Å². The number of hydrogen-bond acceptors (Lipinski definition) is 4. The van der Waals surface area contributed by atoms with Gasteiger partial charge >= 0.3 is 0 Å². The maximum Gasteiger partial charge on any atom is 0.241 e. The van der Waals surface area contributed by atoms with Gasteiger partial charge in [-0.15, -0.1) is 0 Å². The summed E-state index contributed by atoms with van der Waals surface area (Å²) in [5.74, 6) is -0.210. The molecule has 3 N–H and O–H groups in total. The Morgan fingerprint density at radius 1 is 1.47 bits per heavy atom. The molecule has 6 nitrogen and oxygen atoms in total. The zero-order valence-corrected chi connectivity index (χ0v) is 12.7. The van der Waals surface area contributed by atoms with Gasteiger partial charge in [-0.05, 0) is 40.5 Å². The molecule has 104 valence electrons. The van der Waals surface area contributed by atoms with E-state index < -0.39 is 16.1 Å². The zero-order chi connectivity index (χ0) is 14.2. The number of nitrogen functional groups attached to an aromatic ring is 1. The molecule has 1 heterocycles. The maximum atomic E-state index is 12.2. The van der Waals surface area contributed by atoms with E-state index in [2.05, 4.69) is 20.7 Å². The van der Waals surface area contributed by atoms with Gasteiger partial charge in [0.05, 0.1) is 4.90 Å². The highest BCUT2D eigenvalue weighted by molar-refractivity contribution is 9.10. The summed E-state index contributed by atoms with van der Waals surface area (Å²) in [5.41, 5.74) is 6.07. The molecule has 0 spiro atoms. The molecule has 0 aliphatic carbocycles. The molecular weight excluding hydrogens is 334 g/mol. The Morgan fingerprint density at radius 3 is 2.68 bits per heavy atom. The van der Waals surface area contributed by atoms with Gasteiger partial charge in [0.2, 0.25) is 15.9 Å². The molecule has 0 radical (unpaired) electrons. The molecule has 1 unspecified atom stereocenters. The predicted octanol–water partition coefficient (Wildman–Crippen LogP) is 0.540. The van der Waals surface area contributed by atoms with Crippen LogP contribution in [0.15, 0.2) is 27.6 Å². The first-order valence-electron chi connectivity index (χ1n) is 5.63. The van der Waals surface area contributed by atoms with Crippen molar-refractivity contribution in [3.05, 3.63) is 22.7 Å². The summed E-state index contributed by atoms with van der Waals surface area (Å²) < 4.78 is 27.2. The molecule has 19 heavy (non-hydrogen) atoms. The van der Waals surface area contributed by atoms with Crippen molar-refractivity contribution in [1.82, 2.24) is 9.62 Å². The van der Waals surface area contributed by atoms with Crippen molar-refractivity contribution in [3.8, 4) is 0 Å². The van der Waals surface area contributed by atoms with Gasteiger partial charge in [0.15, 0.2) is 0 Å². The first-order chi connectivity index (χ1) is 8.81. The number of sulfonamides is 1. The van der Waals surface area contributed by atoms with Crippen molar-refractivity contribution in [2.45, 2.75) is 17.4 Å². The van der Waals surface area contributed by atoms with E-state index in [9.17, 15) is 13.2 Å². The van der Waals surface area contributed by atoms with Crippen LogP contribution in [-0.4, -0.2) is 38.9 Å². The zero-order valence-electron chi connectivity index (χ0n) is 10.3. The van der Waals surface area contributed by atoms with Crippen LogP contribution in [0, 0.1) is 0 Å². The predicted molar refractivity (Wildman–Crippen MR) is 74.9 cm³/mol. The number of likely N-dealkylation sites (tertiary alicyclic amines) is 1. The number of nitrogens with zero attached hydrogens (tertiary/aromatic N) is 1. The molecule has 1 aromatic rings. The van der Waals surface area contributed by atoms with Crippen LogP contribution in [0.2, 0.25) is 0 Å². The highest BCUT2D eigenvalue weighted by Crippen LogP contribution is 2.23. The second kappa shape index (κ2) is 5.10. The molecule has 1 aliphatic heterocycles. The van der Waals surface area contributed by atoms with E-state index >= 15 is 0 Å². The molecule has 1 fully saturated rings. The number of halogens is 1. The normalized spacial score (nSPS) is 20.0. The number of nitrogens with one attached hydrogen (secondary N) is 1. The molecule has 0 bridgehead atoms. The van der Waals surface area contributed by atoms with Crippen LogP contribution in [0.3, 0.4) is 0 Å². The number of anilines is 1. The van der Waals surface area contributed by atoms with Gasteiger partial charge in [-0.3, -0.25) is 4.79 Å². The first-order valence-corrected chi connectivity index (χ1v) is 7.91. The third-order valence-electron chi connectivity index (χ3n) is 3.01. The molecule has 1 atom stereocenters. The number of rotatable bonds is 3. The van der Waals surface area contributed by atoms with Crippen LogP contribution in [0.1, 0.15) is 6.42 Å². The molecule has 8 heteroatoms. The molecule has 0 saturated carbocycles. The molecule has 0 aromatic heterocycles. The van der Waals surface area contributed by atoms with Crippen molar-refractivity contribution in [2.75, 3.05) is 19.3 Å². The second-order valence-electron chi connectivity index (χ2n) is 4.41. The smallest absolute Gasteiger partial charge is 0.241 e. The number of carbonyl (C=O) groups is 1. The summed E-state index contributed by atoms with van der Waals surface area (Å²) in [7, 11) is -2.07. The largest absolute Gasteiger partial charge is 0.398 e. The van der Waals surface area contributed by atoms with Crippen LogP contribution >= 0.6 is 15.9 Å². The Balaban J connectivity index is 2.23. The van der Waals surface area contributed by atoms with E-state index in [0.717, 1.165) is 0 Å². The lowest BCUT2D eigenvalue weighted by atomic mass is 10.3. The monoisotopic (exact) mass is 347 g/mol. The lowest BCUT2D eigenvalue weighted by Gasteiger charge is -2.13. The van der Waals surface area contributed by atoms with E-state index in [0.29, 0.717) is 23.1 Å². The maximum absolute atomic E-state index is 12.2. The fourth-order valence-corrected chi connectivity index (χ4v) is 3.64. The van der Waals surface area contributed by atoms with Crippen LogP contribution in [0.4, 0.5) is 5.69 Å². The van der Waals surface area contributed by atoms with Gasteiger partial charge in [0, 0.05) is 23.8 Å². The van der Waals surface area contributed by atoms with Crippen molar-refractivity contribution >= 4 is 37.5 Å². The van der Waals surface area contributed by atoms with Crippen molar-refractivity contribution in [2.24, 2.45) is 0 Å². The third-order valence-corrected chi connectivity index (χ3v) is 5.16. The average Bonchev–Trinajstić information content (AvgIpc) is 2.64. The summed E-state index contributed by atoms with van der Waals surface area (Å²) in [6.07, 6.45) is 0.477. The number of hydrogen-bond donors (Lipinski definition) is 2. The summed E-state index contributed by atoms with van der Waals surface area (Å²) in [6, 6.07) is 3.64. The fraction of sp³-hybridized carbons (Fsp3) is 0.364. The first kappa shape index (κ1) is 14.3. The minimum Gasteiger partial charge on any atom is -0.398 e. The van der Waals surface area contributed by atoms with E-state index in [-0.39, 0.29) is 10.8 Å². The molecule has 2 rings (SSSR count). The van der Waals surface area contributed by atoms with Gasteiger partial charge in [-0.2, -0.15) is 4.72 Å². The Morgan fingerprint density at radius 2 is 2.16 bits per heavy atom. The highest BCUT2D eigenvalue weighted by Gasteiger charge is 2.32. The number of likely N-dealkylation sites (N-methyl/N-ethyl adjacent to an activating group) is 1. The van der Waals surface area contributed by atoms with Gasteiger partial charge in [0.1, 0.15) is 6.04 Å². The van der Waals surface area contributed by atoms with Crippen LogP contribution in [0.5, 0.6) is 0 Å². The lowest BCUT2D eigenvalue weighted by molar-refractivity contribution is -0.127. The standard InChI is InChI=1S/C11H14BrN3O3S/c1-15-5-4-10(11(15)16)14-19(17,18)7-2-3-9(13)8(12)6-7/h2-3,6,10,14H,4-5,13H2,1H3. The molecule has 1 aliphatic rings. The third kappa shape index (κ3) is 2.90. The quantitative estimate of drug-likeness (QED) is 0.780. The van der Waals surface area contributed by atoms with Crippen molar-refractivity contribution < 1.29 is 13.2 Å². The topological polar surface area (TPSA) is 92.5 Å². The van der Waals surface area contributed by atoms with E-state index in [1.807, 2.05) is 0 Å². The van der Waals surface area contributed by atoms with Crippen LogP contribution in [-0.2, 0) is 14.8 Å². The summed E-state index contributed by atoms with van der Waals surface area (Å²) in [4.78, 5) is 13.3. The van der Waals surface area contributed by atoms with Crippen LogP contribution in [0.25, 0.3) is 0 Å². The Hall–Kier alpha value is -1.12. The molecule has 1 aromatic carbocycles. The number of nitrogens with two attached hydrogens (primary N) is 1. The molecular formula is C11H14BrN3O3S. The van der Waals surface area contributed by atoms with Crippen molar-refractivity contribution in [3.63, 3.8) is 0 Å².